The van der Waals surface area contributed by atoms with Crippen LogP contribution < -0.4 is 0 Å². The minimum atomic E-state index is -0.0123. The lowest BCUT2D eigenvalue weighted by molar-refractivity contribution is 0.0947. The Labute approximate surface area is 132 Å². The number of thiophene rings is 1. The second kappa shape index (κ2) is 7.18. The maximum Gasteiger partial charge on any atom is 0.179 e. The number of hydrogen-bond acceptors (Lipinski definition) is 4. The molecule has 20 heavy (non-hydrogen) atoms. The Bertz CT molecular complexity index is 586. The molecule has 0 fully saturated rings. The van der Waals surface area contributed by atoms with Crippen molar-refractivity contribution < 1.29 is 4.79 Å². The van der Waals surface area contributed by atoms with Gasteiger partial charge in [-0.1, -0.05) is 29.3 Å². The number of hydrogen-bond donors (Lipinski definition) is 0. The first-order valence-corrected chi connectivity index (χ1v) is 7.70. The third-order valence-electron chi connectivity index (χ3n) is 2.85. The molecular weight excluding hydrogens is 315 g/mol. The molecular formula is C14H14Cl2N2OS. The summed E-state index contributed by atoms with van der Waals surface area (Å²) in [6.45, 7) is 1.08. The van der Waals surface area contributed by atoms with Crippen molar-refractivity contribution in [1.82, 2.24) is 9.88 Å². The van der Waals surface area contributed by atoms with Crippen molar-refractivity contribution >= 4 is 40.3 Å². The Kier molecular flexibility index (Phi) is 5.54. The van der Waals surface area contributed by atoms with Gasteiger partial charge in [-0.25, -0.2) is 0 Å². The second-order valence-corrected chi connectivity index (χ2v) is 6.76. The minimum absolute atomic E-state index is 0.0123. The van der Waals surface area contributed by atoms with Gasteiger partial charge in [0.1, 0.15) is 4.34 Å². The van der Waals surface area contributed by atoms with E-state index in [1.165, 1.54) is 11.3 Å². The number of pyridine rings is 1. The summed E-state index contributed by atoms with van der Waals surface area (Å²) in [5, 5.41) is 0. The quantitative estimate of drug-likeness (QED) is 0.756. The van der Waals surface area contributed by atoms with E-state index in [0.717, 1.165) is 18.7 Å². The van der Waals surface area contributed by atoms with Crippen LogP contribution in [0, 0.1) is 0 Å². The molecule has 0 atom stereocenters. The molecule has 2 aromatic rings. The molecule has 2 heterocycles. The molecule has 0 radical (unpaired) electrons. The lowest BCUT2D eigenvalue weighted by atomic mass is 10.2. The van der Waals surface area contributed by atoms with E-state index in [9.17, 15) is 4.79 Å². The van der Waals surface area contributed by atoms with Crippen molar-refractivity contribution in [3.8, 4) is 0 Å². The van der Waals surface area contributed by atoms with Crippen LogP contribution >= 0.6 is 34.5 Å². The van der Waals surface area contributed by atoms with Gasteiger partial charge in [0.2, 0.25) is 0 Å². The van der Waals surface area contributed by atoms with Gasteiger partial charge in [0, 0.05) is 24.9 Å². The summed E-state index contributed by atoms with van der Waals surface area (Å²) in [7, 11) is 1.91. The van der Waals surface area contributed by atoms with Crippen molar-refractivity contribution in [3.05, 3.63) is 50.4 Å². The zero-order valence-corrected chi connectivity index (χ0v) is 13.3. The first-order chi connectivity index (χ1) is 9.56. The van der Waals surface area contributed by atoms with E-state index in [1.807, 2.05) is 30.1 Å². The fourth-order valence-electron chi connectivity index (χ4n) is 1.79. The van der Waals surface area contributed by atoms with Gasteiger partial charge in [0.25, 0.3) is 0 Å². The van der Waals surface area contributed by atoms with Crippen LogP contribution in [0.1, 0.15) is 16.1 Å². The van der Waals surface area contributed by atoms with Gasteiger partial charge >= 0.3 is 0 Å². The topological polar surface area (TPSA) is 33.2 Å². The highest BCUT2D eigenvalue weighted by Crippen LogP contribution is 2.31. The number of halogens is 2. The second-order valence-electron chi connectivity index (χ2n) is 4.47. The van der Waals surface area contributed by atoms with Crippen LogP contribution in [0.5, 0.6) is 0 Å². The molecule has 0 aliphatic carbocycles. The smallest absolute Gasteiger partial charge is 0.179 e. The van der Waals surface area contributed by atoms with Gasteiger partial charge in [0.15, 0.2) is 5.78 Å². The lowest BCUT2D eigenvalue weighted by Gasteiger charge is -2.15. The van der Waals surface area contributed by atoms with Gasteiger partial charge in [-0.3, -0.25) is 14.7 Å². The van der Waals surface area contributed by atoms with E-state index >= 15 is 0 Å². The minimum Gasteiger partial charge on any atom is -0.299 e. The summed E-state index contributed by atoms with van der Waals surface area (Å²) in [6.07, 6.45) is 2.58. The molecule has 2 rings (SSSR count). The zero-order valence-electron chi connectivity index (χ0n) is 11.0. The Morgan fingerprint density at radius 3 is 2.80 bits per heavy atom. The molecule has 0 bridgehead atoms. The van der Waals surface area contributed by atoms with Crippen LogP contribution in [0.15, 0.2) is 30.5 Å². The van der Waals surface area contributed by atoms with Crippen molar-refractivity contribution in [2.75, 3.05) is 20.1 Å². The Morgan fingerprint density at radius 2 is 2.20 bits per heavy atom. The number of ketones is 1. The summed E-state index contributed by atoms with van der Waals surface area (Å²) >= 11 is 13.0. The number of rotatable bonds is 6. The number of aromatic nitrogens is 1. The fraction of sp³-hybridized carbons (Fsp3) is 0.286. The highest BCUT2D eigenvalue weighted by atomic mass is 35.5. The van der Waals surface area contributed by atoms with Gasteiger partial charge in [-0.15, -0.1) is 11.3 Å². The van der Waals surface area contributed by atoms with Gasteiger partial charge in [-0.2, -0.15) is 0 Å². The van der Waals surface area contributed by atoms with Crippen molar-refractivity contribution in [1.29, 1.82) is 0 Å². The molecule has 0 N–H and O–H groups in total. The van der Waals surface area contributed by atoms with E-state index < -0.39 is 0 Å². The molecule has 3 nitrogen and oxygen atoms in total. The molecule has 0 aromatic carbocycles. The summed E-state index contributed by atoms with van der Waals surface area (Å²) in [5.41, 5.74) is 1.52. The van der Waals surface area contributed by atoms with Crippen LogP contribution in [-0.4, -0.2) is 35.8 Å². The molecule has 2 aromatic heterocycles. The van der Waals surface area contributed by atoms with Gasteiger partial charge in [0.05, 0.1) is 16.4 Å². The van der Waals surface area contributed by atoms with Crippen LogP contribution in [0.4, 0.5) is 0 Å². The van der Waals surface area contributed by atoms with E-state index in [1.54, 1.807) is 12.3 Å². The third kappa shape index (κ3) is 4.28. The molecule has 6 heteroatoms. The third-order valence-corrected chi connectivity index (χ3v) is 4.33. The molecule has 0 saturated heterocycles. The maximum absolute atomic E-state index is 12.1. The van der Waals surface area contributed by atoms with E-state index in [4.69, 9.17) is 23.2 Å². The predicted octanol–water partition coefficient (Wildman–Crippen LogP) is 3.81. The van der Waals surface area contributed by atoms with E-state index in [0.29, 0.717) is 20.8 Å². The fourth-order valence-corrected chi connectivity index (χ4v) is 3.29. The molecule has 0 aliphatic heterocycles. The summed E-state index contributed by atoms with van der Waals surface area (Å²) in [6, 6.07) is 7.45. The Hall–Kier alpha value is -0.940. The average Bonchev–Trinajstić information content (AvgIpc) is 2.77. The monoisotopic (exact) mass is 328 g/mol. The number of carbonyl (C=O) groups is 1. The Balaban J connectivity index is 1.87. The van der Waals surface area contributed by atoms with E-state index in [2.05, 4.69) is 4.98 Å². The number of likely N-dealkylation sites (N-methyl/N-ethyl adjacent to an activating group) is 1. The van der Waals surface area contributed by atoms with Crippen LogP contribution in [0.25, 0.3) is 0 Å². The average molecular weight is 329 g/mol. The van der Waals surface area contributed by atoms with Gasteiger partial charge in [-0.05, 0) is 25.2 Å². The first kappa shape index (κ1) is 15.4. The van der Waals surface area contributed by atoms with Crippen LogP contribution in [0.3, 0.4) is 0 Å². The number of Topliss-reactive ketones (excluding diaryl/α,β-unsaturated/α-hetero) is 1. The summed E-state index contributed by atoms with van der Waals surface area (Å²) in [5.74, 6) is -0.0123. The molecule has 0 spiro atoms. The zero-order chi connectivity index (χ0) is 14.5. The van der Waals surface area contributed by atoms with Gasteiger partial charge < -0.3 is 0 Å². The molecule has 106 valence electrons. The summed E-state index contributed by atoms with van der Waals surface area (Å²) < 4.78 is 0.993. The molecule has 0 aliphatic rings. The van der Waals surface area contributed by atoms with Crippen molar-refractivity contribution in [2.45, 2.75) is 6.42 Å². The molecule has 0 saturated carbocycles. The van der Waals surface area contributed by atoms with Crippen molar-refractivity contribution in [2.24, 2.45) is 0 Å². The Morgan fingerprint density at radius 1 is 1.40 bits per heavy atom. The van der Waals surface area contributed by atoms with E-state index in [-0.39, 0.29) is 5.78 Å². The largest absolute Gasteiger partial charge is 0.299 e. The first-order valence-electron chi connectivity index (χ1n) is 6.12. The SMILES string of the molecule is CN(CCc1ccccn1)CC(=O)c1cc(Cl)sc1Cl. The predicted molar refractivity (Wildman–Crippen MR) is 84.1 cm³/mol. The molecule has 0 unspecified atom stereocenters. The standard InChI is InChI=1S/C14H14Cl2N2OS/c1-18(7-5-10-4-2-3-6-17-10)9-12(19)11-8-13(15)20-14(11)16/h2-4,6,8H,5,7,9H2,1H3. The summed E-state index contributed by atoms with van der Waals surface area (Å²) in [4.78, 5) is 18.3. The highest BCUT2D eigenvalue weighted by molar-refractivity contribution is 7.20. The normalized spacial score (nSPS) is 11.0. The van der Waals surface area contributed by atoms with Crippen molar-refractivity contribution in [3.63, 3.8) is 0 Å². The number of carbonyl (C=O) groups excluding carboxylic acids is 1. The number of nitrogens with zero attached hydrogens (tertiary/aromatic N) is 2. The maximum atomic E-state index is 12.1. The lowest BCUT2D eigenvalue weighted by Crippen LogP contribution is -2.28. The highest BCUT2D eigenvalue weighted by Gasteiger charge is 2.15. The van der Waals surface area contributed by atoms with Crippen LogP contribution in [0.2, 0.25) is 8.67 Å². The molecule has 0 amide bonds. The van der Waals surface area contributed by atoms with Crippen LogP contribution in [-0.2, 0) is 6.42 Å².